The van der Waals surface area contributed by atoms with Crippen LogP contribution in [0.1, 0.15) is 35.4 Å². The summed E-state index contributed by atoms with van der Waals surface area (Å²) in [5.41, 5.74) is 4.13. The fraction of sp³-hybridized carbons (Fsp3) is 0.429. The number of methoxy groups -OCH3 is 1. The van der Waals surface area contributed by atoms with Gasteiger partial charge >= 0.3 is 0 Å². The van der Waals surface area contributed by atoms with Crippen LogP contribution in [0.3, 0.4) is 0 Å². The number of hydrogen-bond acceptors (Lipinski definition) is 3. The molecule has 1 aliphatic rings. The average Bonchev–Trinajstić information content (AvgIpc) is 2.60. The number of hydrogen-bond donors (Lipinski definition) is 1. The Morgan fingerprint density at radius 3 is 2.88 bits per heavy atom. The van der Waals surface area contributed by atoms with E-state index < -0.39 is 0 Å². The number of likely N-dealkylation sites (N-methyl/N-ethyl adjacent to an activating group) is 1. The predicted octanol–water partition coefficient (Wildman–Crippen LogP) is 4.00. The topological polar surface area (TPSA) is 32.7 Å². The highest BCUT2D eigenvalue weighted by atomic mass is 16.5. The third-order valence-corrected chi connectivity index (χ3v) is 5.01. The number of fused-ring (bicyclic) bond motifs is 1. The van der Waals surface area contributed by atoms with Gasteiger partial charge in [-0.15, -0.1) is 0 Å². The number of aryl methyl sites for hydroxylation is 1. The van der Waals surface area contributed by atoms with Crippen LogP contribution < -0.4 is 4.74 Å². The molecule has 0 radical (unpaired) electrons. The predicted molar refractivity (Wildman–Crippen MR) is 98.0 cm³/mol. The molecular weight excluding hydrogens is 298 g/mol. The van der Waals surface area contributed by atoms with Gasteiger partial charge in [-0.05, 0) is 79.6 Å². The van der Waals surface area contributed by atoms with Crippen LogP contribution in [-0.2, 0) is 12.8 Å². The summed E-state index contributed by atoms with van der Waals surface area (Å²) in [5.74, 6) is 1.92. The first kappa shape index (κ1) is 16.8. The van der Waals surface area contributed by atoms with E-state index >= 15 is 0 Å². The van der Waals surface area contributed by atoms with Gasteiger partial charge in [-0.3, -0.25) is 0 Å². The van der Waals surface area contributed by atoms with Gasteiger partial charge in [-0.25, -0.2) is 0 Å². The van der Waals surface area contributed by atoms with Gasteiger partial charge in [0.25, 0.3) is 0 Å². The van der Waals surface area contributed by atoms with Gasteiger partial charge in [-0.1, -0.05) is 18.2 Å². The minimum Gasteiger partial charge on any atom is -0.508 e. The molecule has 0 saturated heterocycles. The molecule has 0 spiro atoms. The molecule has 0 amide bonds. The third kappa shape index (κ3) is 4.09. The molecule has 0 heterocycles. The SMILES string of the molecule is COc1ccc2c(c1)CCCC2CN(C)CCc1cccc(O)c1. The van der Waals surface area contributed by atoms with Crippen LogP contribution in [0.25, 0.3) is 0 Å². The lowest BCUT2D eigenvalue weighted by Gasteiger charge is -2.29. The van der Waals surface area contributed by atoms with Crippen molar-refractivity contribution in [3.63, 3.8) is 0 Å². The van der Waals surface area contributed by atoms with Gasteiger partial charge in [0.15, 0.2) is 0 Å². The van der Waals surface area contributed by atoms with Crippen LogP contribution in [0.2, 0.25) is 0 Å². The number of ether oxygens (including phenoxy) is 1. The molecule has 2 aromatic carbocycles. The Balaban J connectivity index is 1.60. The van der Waals surface area contributed by atoms with E-state index in [0.717, 1.165) is 31.7 Å². The molecule has 0 saturated carbocycles. The summed E-state index contributed by atoms with van der Waals surface area (Å²) in [7, 11) is 3.93. The van der Waals surface area contributed by atoms with E-state index in [1.165, 1.54) is 29.5 Å². The van der Waals surface area contributed by atoms with Gasteiger partial charge < -0.3 is 14.7 Å². The lowest BCUT2D eigenvalue weighted by atomic mass is 9.82. The molecule has 1 N–H and O–H groups in total. The van der Waals surface area contributed by atoms with Crippen LogP contribution in [0, 0.1) is 0 Å². The second kappa shape index (κ2) is 7.71. The monoisotopic (exact) mass is 325 g/mol. The summed E-state index contributed by atoms with van der Waals surface area (Å²) in [5, 5.41) is 9.57. The second-order valence-electron chi connectivity index (χ2n) is 6.84. The van der Waals surface area contributed by atoms with Crippen molar-refractivity contribution in [1.82, 2.24) is 4.90 Å². The van der Waals surface area contributed by atoms with E-state index in [-0.39, 0.29) is 0 Å². The summed E-state index contributed by atoms with van der Waals surface area (Å²) < 4.78 is 5.36. The van der Waals surface area contributed by atoms with Crippen molar-refractivity contribution in [3.8, 4) is 11.5 Å². The Bertz CT molecular complexity index is 683. The number of aromatic hydroxyl groups is 1. The highest BCUT2D eigenvalue weighted by molar-refractivity contribution is 5.39. The Morgan fingerprint density at radius 2 is 2.08 bits per heavy atom. The molecule has 1 atom stereocenters. The molecule has 128 valence electrons. The van der Waals surface area contributed by atoms with Gasteiger partial charge in [0, 0.05) is 13.1 Å². The van der Waals surface area contributed by atoms with Crippen molar-refractivity contribution in [2.75, 3.05) is 27.2 Å². The highest BCUT2D eigenvalue weighted by Crippen LogP contribution is 2.34. The normalized spacial score (nSPS) is 16.9. The minimum atomic E-state index is 0.352. The van der Waals surface area contributed by atoms with E-state index in [1.54, 1.807) is 13.2 Å². The van der Waals surface area contributed by atoms with E-state index in [2.05, 4.69) is 36.2 Å². The summed E-state index contributed by atoms with van der Waals surface area (Å²) in [4.78, 5) is 2.41. The van der Waals surface area contributed by atoms with Crippen molar-refractivity contribution >= 4 is 0 Å². The lowest BCUT2D eigenvalue weighted by molar-refractivity contribution is 0.300. The van der Waals surface area contributed by atoms with Crippen LogP contribution >= 0.6 is 0 Å². The summed E-state index contributed by atoms with van der Waals surface area (Å²) >= 11 is 0. The first-order valence-electron chi connectivity index (χ1n) is 8.79. The molecule has 24 heavy (non-hydrogen) atoms. The fourth-order valence-corrected chi connectivity index (χ4v) is 3.71. The minimum absolute atomic E-state index is 0.352. The molecule has 3 nitrogen and oxygen atoms in total. The highest BCUT2D eigenvalue weighted by Gasteiger charge is 2.21. The summed E-state index contributed by atoms with van der Waals surface area (Å²) in [6.07, 6.45) is 4.64. The third-order valence-electron chi connectivity index (χ3n) is 5.01. The van der Waals surface area contributed by atoms with Crippen LogP contribution in [-0.4, -0.2) is 37.3 Å². The summed E-state index contributed by atoms with van der Waals surface area (Å²) in [6, 6.07) is 14.1. The zero-order valence-corrected chi connectivity index (χ0v) is 14.7. The van der Waals surface area contributed by atoms with E-state index in [4.69, 9.17) is 4.74 Å². The van der Waals surface area contributed by atoms with Crippen LogP contribution in [0.15, 0.2) is 42.5 Å². The van der Waals surface area contributed by atoms with Gasteiger partial charge in [0.2, 0.25) is 0 Å². The van der Waals surface area contributed by atoms with Crippen molar-refractivity contribution in [2.45, 2.75) is 31.6 Å². The number of nitrogens with zero attached hydrogens (tertiary/aromatic N) is 1. The van der Waals surface area contributed by atoms with E-state index in [1.807, 2.05) is 12.1 Å². The molecule has 0 bridgehead atoms. The quantitative estimate of drug-likeness (QED) is 0.871. The first-order valence-corrected chi connectivity index (χ1v) is 8.79. The van der Waals surface area contributed by atoms with Crippen LogP contribution in [0.4, 0.5) is 0 Å². The maximum Gasteiger partial charge on any atom is 0.119 e. The van der Waals surface area contributed by atoms with E-state index in [0.29, 0.717) is 11.7 Å². The molecule has 3 heteroatoms. The zero-order chi connectivity index (χ0) is 16.9. The van der Waals surface area contributed by atoms with Gasteiger partial charge in [0.1, 0.15) is 11.5 Å². The Hall–Kier alpha value is -2.00. The Morgan fingerprint density at radius 1 is 1.21 bits per heavy atom. The molecule has 0 aromatic heterocycles. The van der Waals surface area contributed by atoms with Crippen molar-refractivity contribution in [2.24, 2.45) is 0 Å². The standard InChI is InChI=1S/C21H27NO2/c1-22(12-11-16-5-3-8-19(23)13-16)15-18-7-4-6-17-14-20(24-2)9-10-21(17)18/h3,5,8-10,13-14,18,23H,4,6-7,11-12,15H2,1-2H3. The number of rotatable bonds is 6. The van der Waals surface area contributed by atoms with Crippen molar-refractivity contribution < 1.29 is 9.84 Å². The maximum absolute atomic E-state index is 9.57. The molecule has 0 fully saturated rings. The lowest BCUT2D eigenvalue weighted by Crippen LogP contribution is -2.28. The fourth-order valence-electron chi connectivity index (χ4n) is 3.71. The summed E-state index contributed by atoms with van der Waals surface area (Å²) in [6.45, 7) is 2.09. The molecule has 2 aromatic rings. The van der Waals surface area contributed by atoms with Gasteiger partial charge in [0.05, 0.1) is 7.11 Å². The molecular formula is C21H27NO2. The zero-order valence-electron chi connectivity index (χ0n) is 14.7. The van der Waals surface area contributed by atoms with Crippen LogP contribution in [0.5, 0.6) is 11.5 Å². The van der Waals surface area contributed by atoms with Crippen molar-refractivity contribution in [1.29, 1.82) is 0 Å². The smallest absolute Gasteiger partial charge is 0.119 e. The largest absolute Gasteiger partial charge is 0.508 e. The number of phenolic OH excluding ortho intramolecular Hbond substituents is 1. The molecule has 3 rings (SSSR count). The van der Waals surface area contributed by atoms with E-state index in [9.17, 15) is 5.11 Å². The average molecular weight is 325 g/mol. The Labute approximate surface area is 144 Å². The van der Waals surface area contributed by atoms with Gasteiger partial charge in [-0.2, -0.15) is 0 Å². The Kier molecular flexibility index (Phi) is 5.41. The maximum atomic E-state index is 9.57. The molecule has 1 aliphatic carbocycles. The van der Waals surface area contributed by atoms with Crippen molar-refractivity contribution in [3.05, 3.63) is 59.2 Å². The molecule has 1 unspecified atom stereocenters. The number of phenols is 1. The second-order valence-corrected chi connectivity index (χ2v) is 6.84. The molecule has 0 aliphatic heterocycles. The number of benzene rings is 2. The first-order chi connectivity index (χ1) is 11.7.